The van der Waals surface area contributed by atoms with Crippen molar-refractivity contribution in [2.24, 2.45) is 0 Å². The summed E-state index contributed by atoms with van der Waals surface area (Å²) in [7, 11) is -1.29. The normalized spacial score (nSPS) is 19.0. The zero-order chi connectivity index (χ0) is 15.5. The second-order valence-corrected chi connectivity index (χ2v) is 8.95. The molecule has 120 valence electrons. The Morgan fingerprint density at radius 1 is 1.29 bits per heavy atom. The van der Waals surface area contributed by atoms with Gasteiger partial charge in [-0.05, 0) is 37.0 Å². The summed E-state index contributed by atoms with van der Waals surface area (Å²) in [5, 5.41) is 5.25. The second kappa shape index (κ2) is 7.19. The van der Waals surface area contributed by atoms with E-state index < -0.39 is 10.0 Å². The molecule has 21 heavy (non-hydrogen) atoms. The average molecular weight is 332 g/mol. The van der Waals surface area contributed by atoms with Crippen LogP contribution in [0, 0.1) is 0 Å². The van der Waals surface area contributed by atoms with Crippen LogP contribution in [0.5, 0.6) is 0 Å². The monoisotopic (exact) mass is 331 g/mol. The van der Waals surface area contributed by atoms with E-state index in [0.29, 0.717) is 29.9 Å². The van der Waals surface area contributed by atoms with Gasteiger partial charge in [0.05, 0.1) is 0 Å². The maximum Gasteiger partial charge on any atom is 0.252 e. The lowest BCUT2D eigenvalue weighted by Gasteiger charge is -2.19. The number of hydrogen-bond donors (Lipinski definition) is 1. The lowest BCUT2D eigenvalue weighted by Crippen LogP contribution is -2.34. The number of nitrogens with zero attached hydrogens (tertiary/aromatic N) is 2. The molecule has 2 heterocycles. The highest BCUT2D eigenvalue weighted by Gasteiger charge is 2.27. The molecular formula is C14H25N3O2S2. The van der Waals surface area contributed by atoms with Gasteiger partial charge in [-0.15, -0.1) is 11.3 Å². The molecule has 0 bridgehead atoms. The van der Waals surface area contributed by atoms with Gasteiger partial charge in [-0.3, -0.25) is 0 Å². The minimum absolute atomic E-state index is 0.395. The van der Waals surface area contributed by atoms with Crippen LogP contribution in [0.4, 0.5) is 0 Å². The maximum atomic E-state index is 12.7. The van der Waals surface area contributed by atoms with E-state index in [-0.39, 0.29) is 0 Å². The molecule has 0 atom stereocenters. The molecule has 5 nitrogen and oxygen atoms in total. The predicted octanol–water partition coefficient (Wildman–Crippen LogP) is 1.57. The van der Waals surface area contributed by atoms with Crippen molar-refractivity contribution in [1.29, 1.82) is 0 Å². The van der Waals surface area contributed by atoms with E-state index >= 15 is 0 Å². The fourth-order valence-electron chi connectivity index (χ4n) is 2.29. The van der Waals surface area contributed by atoms with Gasteiger partial charge in [0, 0.05) is 32.2 Å². The van der Waals surface area contributed by atoms with Crippen LogP contribution in [-0.2, 0) is 16.6 Å². The standard InChI is InChI=1S/C14H25N3O2S2/c1-12(2)15-10-13-9-14(20-11-13)21(18,19)17-6-4-5-16(3)7-8-17/h9,11-12,15H,4-8,10H2,1-3H3. The zero-order valence-corrected chi connectivity index (χ0v) is 14.6. The van der Waals surface area contributed by atoms with Crippen molar-refractivity contribution in [3.05, 3.63) is 17.0 Å². The van der Waals surface area contributed by atoms with Gasteiger partial charge in [-0.1, -0.05) is 13.8 Å². The fourth-order valence-corrected chi connectivity index (χ4v) is 5.13. The molecule has 1 saturated heterocycles. The van der Waals surface area contributed by atoms with Gasteiger partial charge in [0.25, 0.3) is 10.0 Å². The first-order valence-corrected chi connectivity index (χ1v) is 9.71. The Bertz CT molecular complexity index is 554. The number of rotatable bonds is 5. The first-order valence-electron chi connectivity index (χ1n) is 7.39. The number of nitrogens with one attached hydrogen (secondary N) is 1. The lowest BCUT2D eigenvalue weighted by atomic mass is 10.3. The summed E-state index contributed by atoms with van der Waals surface area (Å²) < 4.78 is 27.5. The van der Waals surface area contributed by atoms with E-state index in [2.05, 4.69) is 24.1 Å². The Balaban J connectivity index is 2.08. The van der Waals surface area contributed by atoms with Gasteiger partial charge < -0.3 is 10.2 Å². The first-order chi connectivity index (χ1) is 9.89. The number of likely N-dealkylation sites (N-methyl/N-ethyl adjacent to an activating group) is 1. The first kappa shape index (κ1) is 16.9. The molecule has 1 aromatic rings. The van der Waals surface area contributed by atoms with Crippen molar-refractivity contribution in [2.75, 3.05) is 33.2 Å². The fraction of sp³-hybridized carbons (Fsp3) is 0.714. The van der Waals surface area contributed by atoms with E-state index in [4.69, 9.17) is 0 Å². The molecule has 0 unspecified atom stereocenters. The quantitative estimate of drug-likeness (QED) is 0.890. The van der Waals surface area contributed by atoms with Gasteiger partial charge in [0.2, 0.25) is 0 Å². The third-order valence-corrected chi connectivity index (χ3v) is 6.98. The summed E-state index contributed by atoms with van der Waals surface area (Å²) in [6, 6.07) is 2.20. The molecule has 7 heteroatoms. The van der Waals surface area contributed by atoms with Crippen molar-refractivity contribution in [3.8, 4) is 0 Å². The summed E-state index contributed by atoms with van der Waals surface area (Å²) in [6.07, 6.45) is 0.892. The van der Waals surface area contributed by atoms with Gasteiger partial charge in [0.1, 0.15) is 4.21 Å². The summed E-state index contributed by atoms with van der Waals surface area (Å²) in [5.41, 5.74) is 1.04. The van der Waals surface area contributed by atoms with Crippen LogP contribution in [0.1, 0.15) is 25.8 Å². The van der Waals surface area contributed by atoms with Gasteiger partial charge in [-0.2, -0.15) is 4.31 Å². The molecule has 0 spiro atoms. The van der Waals surface area contributed by atoms with Crippen LogP contribution in [-0.4, -0.2) is 56.9 Å². The van der Waals surface area contributed by atoms with Gasteiger partial charge in [-0.25, -0.2) is 8.42 Å². The van der Waals surface area contributed by atoms with Crippen LogP contribution in [0.25, 0.3) is 0 Å². The van der Waals surface area contributed by atoms with Crippen LogP contribution >= 0.6 is 11.3 Å². The van der Waals surface area contributed by atoms with E-state index in [9.17, 15) is 8.42 Å². The highest BCUT2D eigenvalue weighted by molar-refractivity contribution is 7.91. The Morgan fingerprint density at radius 2 is 2.05 bits per heavy atom. The van der Waals surface area contributed by atoms with E-state index in [1.165, 1.54) is 11.3 Å². The topological polar surface area (TPSA) is 52.7 Å². The summed E-state index contributed by atoms with van der Waals surface area (Å²) in [5.74, 6) is 0. The van der Waals surface area contributed by atoms with Crippen molar-refractivity contribution < 1.29 is 8.42 Å². The second-order valence-electron chi connectivity index (χ2n) is 5.87. The Hall–Kier alpha value is -0.470. The highest BCUT2D eigenvalue weighted by Crippen LogP contribution is 2.24. The third-order valence-electron chi connectivity index (χ3n) is 3.62. The Morgan fingerprint density at radius 3 is 2.76 bits per heavy atom. The van der Waals surface area contributed by atoms with Crippen molar-refractivity contribution in [1.82, 2.24) is 14.5 Å². The Labute approximate surface area is 132 Å². The predicted molar refractivity (Wildman–Crippen MR) is 87.2 cm³/mol. The molecule has 1 aliphatic heterocycles. The molecule has 2 rings (SSSR count). The minimum Gasteiger partial charge on any atom is -0.310 e. The lowest BCUT2D eigenvalue weighted by molar-refractivity contribution is 0.347. The van der Waals surface area contributed by atoms with Crippen LogP contribution < -0.4 is 5.32 Å². The molecule has 0 aliphatic carbocycles. The molecule has 1 N–H and O–H groups in total. The Kier molecular flexibility index (Phi) is 5.79. The highest BCUT2D eigenvalue weighted by atomic mass is 32.2. The van der Waals surface area contributed by atoms with Crippen molar-refractivity contribution >= 4 is 21.4 Å². The van der Waals surface area contributed by atoms with Crippen LogP contribution in [0.2, 0.25) is 0 Å². The van der Waals surface area contributed by atoms with Gasteiger partial charge >= 0.3 is 0 Å². The van der Waals surface area contributed by atoms with Crippen molar-refractivity contribution in [2.45, 2.75) is 37.1 Å². The smallest absolute Gasteiger partial charge is 0.252 e. The minimum atomic E-state index is -3.33. The summed E-state index contributed by atoms with van der Waals surface area (Å²) >= 11 is 1.33. The largest absolute Gasteiger partial charge is 0.310 e. The summed E-state index contributed by atoms with van der Waals surface area (Å²) in [6.45, 7) is 7.83. The molecule has 0 radical (unpaired) electrons. The third kappa shape index (κ3) is 4.50. The molecule has 1 aliphatic rings. The molecule has 0 aromatic carbocycles. The molecule has 0 saturated carbocycles. The van der Waals surface area contributed by atoms with E-state index in [1.54, 1.807) is 4.31 Å². The number of hydrogen-bond acceptors (Lipinski definition) is 5. The number of sulfonamides is 1. The zero-order valence-electron chi connectivity index (χ0n) is 13.0. The van der Waals surface area contributed by atoms with E-state index in [1.807, 2.05) is 18.5 Å². The summed E-state index contributed by atoms with van der Waals surface area (Å²) in [4.78, 5) is 2.18. The maximum absolute atomic E-state index is 12.7. The average Bonchev–Trinajstić information content (AvgIpc) is 2.79. The number of thiophene rings is 1. The molecule has 1 fully saturated rings. The van der Waals surface area contributed by atoms with Crippen LogP contribution in [0.3, 0.4) is 0 Å². The van der Waals surface area contributed by atoms with E-state index in [0.717, 1.165) is 25.1 Å². The van der Waals surface area contributed by atoms with Crippen molar-refractivity contribution in [3.63, 3.8) is 0 Å². The molecular weight excluding hydrogens is 306 g/mol. The SMILES string of the molecule is CC(C)NCc1csc(S(=O)(=O)N2CCCN(C)CC2)c1. The van der Waals surface area contributed by atoms with Gasteiger partial charge in [0.15, 0.2) is 0 Å². The molecule has 0 amide bonds. The van der Waals surface area contributed by atoms with Crippen LogP contribution in [0.15, 0.2) is 15.7 Å². The molecule has 1 aromatic heterocycles.